The van der Waals surface area contributed by atoms with Crippen molar-refractivity contribution in [2.24, 2.45) is 0 Å². The summed E-state index contributed by atoms with van der Waals surface area (Å²) >= 11 is 0. The second kappa shape index (κ2) is 5.40. The molecule has 1 heterocycles. The molecule has 2 rings (SSSR count). The molecule has 6 heteroatoms. The van der Waals surface area contributed by atoms with Gasteiger partial charge in [-0.1, -0.05) is 0 Å². The smallest absolute Gasteiger partial charge is 0.343 e. The largest absolute Gasteiger partial charge is 0.462 e. The standard InChI is InChI=1S/C14H13F2NO3/c1-3-17-7-9(14(19)20-4-2)13(18)8-5-6-10(15)11(16)12(8)17/h5-7H,3-4H2,1-2H3. The molecule has 0 atom stereocenters. The van der Waals surface area contributed by atoms with Crippen LogP contribution in [0.2, 0.25) is 0 Å². The third-order valence-corrected chi connectivity index (χ3v) is 2.97. The molecule has 0 spiro atoms. The van der Waals surface area contributed by atoms with Crippen molar-refractivity contribution in [1.82, 2.24) is 4.57 Å². The quantitative estimate of drug-likeness (QED) is 0.812. The van der Waals surface area contributed by atoms with Crippen LogP contribution in [0.25, 0.3) is 10.9 Å². The summed E-state index contributed by atoms with van der Waals surface area (Å²) in [6.07, 6.45) is 1.20. The first kappa shape index (κ1) is 14.2. The van der Waals surface area contributed by atoms with Crippen LogP contribution in [0.5, 0.6) is 0 Å². The number of benzene rings is 1. The van der Waals surface area contributed by atoms with Crippen LogP contribution in [0.3, 0.4) is 0 Å². The van der Waals surface area contributed by atoms with Gasteiger partial charge in [-0.3, -0.25) is 4.79 Å². The number of nitrogens with zero attached hydrogens (tertiary/aromatic N) is 1. The summed E-state index contributed by atoms with van der Waals surface area (Å²) in [4.78, 5) is 23.9. The third kappa shape index (κ3) is 2.17. The predicted molar refractivity (Wildman–Crippen MR) is 69.8 cm³/mol. The second-order valence-electron chi connectivity index (χ2n) is 4.14. The molecule has 1 aromatic heterocycles. The minimum absolute atomic E-state index is 0.0451. The van der Waals surface area contributed by atoms with E-state index in [4.69, 9.17) is 4.74 Å². The zero-order valence-electron chi connectivity index (χ0n) is 11.1. The van der Waals surface area contributed by atoms with E-state index in [1.807, 2.05) is 0 Å². The number of esters is 1. The second-order valence-corrected chi connectivity index (χ2v) is 4.14. The summed E-state index contributed by atoms with van der Waals surface area (Å²) in [7, 11) is 0. The highest BCUT2D eigenvalue weighted by Gasteiger charge is 2.19. The minimum atomic E-state index is -1.10. The number of hydrogen-bond donors (Lipinski definition) is 0. The minimum Gasteiger partial charge on any atom is -0.462 e. The van der Waals surface area contributed by atoms with Crippen LogP contribution in [0, 0.1) is 11.6 Å². The summed E-state index contributed by atoms with van der Waals surface area (Å²) in [5.74, 6) is -2.91. The lowest BCUT2D eigenvalue weighted by molar-refractivity contribution is 0.0524. The molecule has 20 heavy (non-hydrogen) atoms. The van der Waals surface area contributed by atoms with Crippen molar-refractivity contribution in [3.63, 3.8) is 0 Å². The SMILES string of the molecule is CCOC(=O)c1cn(CC)c2c(F)c(F)ccc2c1=O. The van der Waals surface area contributed by atoms with Crippen LogP contribution in [0.15, 0.2) is 23.1 Å². The first-order valence-corrected chi connectivity index (χ1v) is 6.19. The van der Waals surface area contributed by atoms with E-state index in [1.165, 1.54) is 16.8 Å². The topological polar surface area (TPSA) is 48.3 Å². The van der Waals surface area contributed by atoms with Crippen LogP contribution in [-0.4, -0.2) is 17.1 Å². The summed E-state index contributed by atoms with van der Waals surface area (Å²) in [6.45, 7) is 3.72. The highest BCUT2D eigenvalue weighted by atomic mass is 19.2. The molecule has 0 amide bonds. The Balaban J connectivity index is 2.84. The van der Waals surface area contributed by atoms with Gasteiger partial charge in [0.15, 0.2) is 11.6 Å². The van der Waals surface area contributed by atoms with Gasteiger partial charge in [0.25, 0.3) is 0 Å². The highest BCUT2D eigenvalue weighted by molar-refractivity contribution is 5.93. The van der Waals surface area contributed by atoms with Crippen LogP contribution in [0.4, 0.5) is 8.78 Å². The van der Waals surface area contributed by atoms with E-state index < -0.39 is 23.0 Å². The number of hydrogen-bond acceptors (Lipinski definition) is 3. The number of ether oxygens (including phenoxy) is 1. The van der Waals surface area contributed by atoms with E-state index in [-0.39, 0.29) is 29.6 Å². The maximum Gasteiger partial charge on any atom is 0.343 e. The van der Waals surface area contributed by atoms with E-state index in [2.05, 4.69) is 0 Å². The Morgan fingerprint density at radius 2 is 2.00 bits per heavy atom. The van der Waals surface area contributed by atoms with Crippen molar-refractivity contribution in [2.75, 3.05) is 6.61 Å². The normalized spacial score (nSPS) is 10.8. The average Bonchev–Trinajstić information content (AvgIpc) is 2.43. The molecule has 0 saturated heterocycles. The first-order chi connectivity index (χ1) is 9.51. The van der Waals surface area contributed by atoms with Crippen LogP contribution in [0.1, 0.15) is 24.2 Å². The molecule has 0 aliphatic heterocycles. The molecule has 106 valence electrons. The number of fused-ring (bicyclic) bond motifs is 1. The van der Waals surface area contributed by atoms with E-state index in [0.717, 1.165) is 6.07 Å². The van der Waals surface area contributed by atoms with E-state index in [0.29, 0.717) is 0 Å². The molecule has 1 aromatic carbocycles. The van der Waals surface area contributed by atoms with Gasteiger partial charge in [0.05, 0.1) is 12.1 Å². The van der Waals surface area contributed by atoms with Crippen molar-refractivity contribution in [1.29, 1.82) is 0 Å². The van der Waals surface area contributed by atoms with Gasteiger partial charge in [-0.15, -0.1) is 0 Å². The number of pyridine rings is 1. The van der Waals surface area contributed by atoms with E-state index in [9.17, 15) is 18.4 Å². The van der Waals surface area contributed by atoms with Gasteiger partial charge >= 0.3 is 5.97 Å². The monoisotopic (exact) mass is 281 g/mol. The number of aromatic nitrogens is 1. The Labute approximate surface area is 113 Å². The number of halogens is 2. The van der Waals surface area contributed by atoms with Gasteiger partial charge < -0.3 is 9.30 Å². The molecular weight excluding hydrogens is 268 g/mol. The molecule has 0 aliphatic carbocycles. The van der Waals surface area contributed by atoms with E-state index >= 15 is 0 Å². The van der Waals surface area contributed by atoms with Crippen molar-refractivity contribution in [2.45, 2.75) is 20.4 Å². The van der Waals surface area contributed by atoms with Gasteiger partial charge in [-0.25, -0.2) is 13.6 Å². The number of carbonyl (C=O) groups is 1. The van der Waals surface area contributed by atoms with E-state index in [1.54, 1.807) is 13.8 Å². The molecule has 4 nitrogen and oxygen atoms in total. The van der Waals surface area contributed by atoms with Crippen LogP contribution >= 0.6 is 0 Å². The molecule has 0 unspecified atom stereocenters. The zero-order valence-corrected chi connectivity index (χ0v) is 11.1. The third-order valence-electron chi connectivity index (χ3n) is 2.97. The Bertz CT molecular complexity index is 737. The summed E-state index contributed by atoms with van der Waals surface area (Å²) in [5, 5.41) is -0.0451. The Morgan fingerprint density at radius 3 is 2.60 bits per heavy atom. The number of rotatable bonds is 3. The first-order valence-electron chi connectivity index (χ1n) is 6.19. The fourth-order valence-corrected chi connectivity index (χ4v) is 2.03. The maximum absolute atomic E-state index is 13.9. The average molecular weight is 281 g/mol. The summed E-state index contributed by atoms with van der Waals surface area (Å²) in [6, 6.07) is 2.04. The predicted octanol–water partition coefficient (Wildman–Crippen LogP) is 2.48. The molecule has 0 bridgehead atoms. The molecule has 0 saturated carbocycles. The van der Waals surface area contributed by atoms with Gasteiger partial charge in [-0.05, 0) is 26.0 Å². The summed E-state index contributed by atoms with van der Waals surface area (Å²) in [5.41, 5.74) is -1.00. The molecule has 0 fully saturated rings. The number of carbonyl (C=O) groups excluding carboxylic acids is 1. The summed E-state index contributed by atoms with van der Waals surface area (Å²) < 4.78 is 33.3. The Kier molecular flexibility index (Phi) is 3.83. The molecule has 0 N–H and O–H groups in total. The fourth-order valence-electron chi connectivity index (χ4n) is 2.03. The highest BCUT2D eigenvalue weighted by Crippen LogP contribution is 2.19. The maximum atomic E-state index is 13.9. The van der Waals surface area contributed by atoms with Crippen molar-refractivity contribution in [3.8, 4) is 0 Å². The molecule has 2 aromatic rings. The lowest BCUT2D eigenvalue weighted by Crippen LogP contribution is -2.21. The van der Waals surface area contributed by atoms with Crippen LogP contribution in [-0.2, 0) is 11.3 Å². The van der Waals surface area contributed by atoms with Crippen molar-refractivity contribution >= 4 is 16.9 Å². The van der Waals surface area contributed by atoms with Gasteiger partial charge in [0, 0.05) is 18.1 Å². The Hall–Kier alpha value is -2.24. The zero-order chi connectivity index (χ0) is 14.9. The van der Waals surface area contributed by atoms with Gasteiger partial charge in [-0.2, -0.15) is 0 Å². The van der Waals surface area contributed by atoms with Crippen molar-refractivity contribution in [3.05, 3.63) is 45.8 Å². The lowest BCUT2D eigenvalue weighted by Gasteiger charge is -2.12. The molecule has 0 aliphatic rings. The van der Waals surface area contributed by atoms with Crippen LogP contribution < -0.4 is 5.43 Å². The lowest BCUT2D eigenvalue weighted by atomic mass is 10.1. The van der Waals surface area contributed by atoms with Gasteiger partial charge in [0.2, 0.25) is 5.43 Å². The van der Waals surface area contributed by atoms with Crippen molar-refractivity contribution < 1.29 is 18.3 Å². The Morgan fingerprint density at radius 1 is 1.30 bits per heavy atom. The molecular formula is C14H13F2NO3. The molecule has 0 radical (unpaired) electrons. The fraction of sp³-hybridized carbons (Fsp3) is 0.286. The number of aryl methyl sites for hydroxylation is 1. The van der Waals surface area contributed by atoms with Gasteiger partial charge in [0.1, 0.15) is 5.56 Å².